The maximum atomic E-state index is 9.00. The first-order valence-electron chi connectivity index (χ1n) is 6.56. The molecule has 0 aliphatic heterocycles. The van der Waals surface area contributed by atoms with Gasteiger partial charge in [0.05, 0.1) is 18.9 Å². The second kappa shape index (κ2) is 6.57. The van der Waals surface area contributed by atoms with Crippen LogP contribution in [0.4, 0.5) is 17.2 Å². The van der Waals surface area contributed by atoms with Gasteiger partial charge in [0.2, 0.25) is 11.2 Å². The van der Waals surface area contributed by atoms with E-state index in [1.54, 1.807) is 31.5 Å². The van der Waals surface area contributed by atoms with Crippen molar-refractivity contribution in [1.29, 1.82) is 5.39 Å². The van der Waals surface area contributed by atoms with E-state index < -0.39 is 0 Å². The summed E-state index contributed by atoms with van der Waals surface area (Å²) < 4.78 is 11.0. The summed E-state index contributed by atoms with van der Waals surface area (Å²) in [4.78, 5) is 7.36. The van der Waals surface area contributed by atoms with Gasteiger partial charge in [-0.1, -0.05) is 0 Å². The molecule has 1 N–H and O–H groups in total. The molecule has 0 bridgehead atoms. The molecule has 6 nitrogen and oxygen atoms in total. The van der Waals surface area contributed by atoms with E-state index in [0.717, 1.165) is 0 Å². The lowest BCUT2D eigenvalue weighted by Crippen LogP contribution is -2.07. The van der Waals surface area contributed by atoms with Crippen molar-refractivity contribution in [1.82, 2.24) is 4.98 Å². The number of pyridine rings is 1. The van der Waals surface area contributed by atoms with Crippen LogP contribution in [0.5, 0.6) is 11.5 Å². The molecule has 0 saturated heterocycles. The highest BCUT2D eigenvalue weighted by Crippen LogP contribution is 2.34. The summed E-state index contributed by atoms with van der Waals surface area (Å²) >= 11 is 0. The first-order chi connectivity index (χ1) is 10.1. The van der Waals surface area contributed by atoms with Crippen molar-refractivity contribution in [2.45, 2.75) is 20.0 Å². The van der Waals surface area contributed by atoms with Gasteiger partial charge in [-0.25, -0.2) is 4.98 Å². The number of rotatable bonds is 5. The molecule has 2 rings (SSSR count). The van der Waals surface area contributed by atoms with Crippen LogP contribution in [0.15, 0.2) is 36.5 Å². The van der Waals surface area contributed by atoms with Gasteiger partial charge < -0.3 is 14.8 Å². The van der Waals surface area contributed by atoms with E-state index in [2.05, 4.69) is 15.3 Å². The van der Waals surface area contributed by atoms with Crippen molar-refractivity contribution >= 4 is 17.2 Å². The minimum Gasteiger partial charge on any atom is -0.497 e. The highest BCUT2D eigenvalue weighted by atomic mass is 16.5. The van der Waals surface area contributed by atoms with E-state index in [9.17, 15) is 0 Å². The van der Waals surface area contributed by atoms with Crippen molar-refractivity contribution in [3.8, 4) is 11.5 Å². The summed E-state index contributed by atoms with van der Waals surface area (Å²) in [6.07, 6.45) is 1.64. The zero-order valence-corrected chi connectivity index (χ0v) is 12.2. The zero-order valence-electron chi connectivity index (χ0n) is 12.2. The highest BCUT2D eigenvalue weighted by molar-refractivity contribution is 5.74. The predicted octanol–water partition coefficient (Wildman–Crippen LogP) is 4.11. The van der Waals surface area contributed by atoms with Crippen LogP contribution < -0.4 is 14.8 Å². The summed E-state index contributed by atoms with van der Waals surface area (Å²) in [6.45, 7) is 3.90. The van der Waals surface area contributed by atoms with Crippen LogP contribution in [-0.2, 0) is 0 Å². The van der Waals surface area contributed by atoms with Crippen LogP contribution in [0.1, 0.15) is 13.8 Å². The van der Waals surface area contributed by atoms with Crippen LogP contribution in [0.2, 0.25) is 0 Å². The lowest BCUT2D eigenvalue weighted by molar-refractivity contribution is 0.243. The Morgan fingerprint density at radius 2 is 2.10 bits per heavy atom. The second-order valence-corrected chi connectivity index (χ2v) is 4.62. The van der Waals surface area contributed by atoms with Gasteiger partial charge in [0.25, 0.3) is 0 Å². The van der Waals surface area contributed by atoms with Gasteiger partial charge in [-0.05, 0) is 32.0 Å². The molecule has 0 saturated carbocycles. The van der Waals surface area contributed by atoms with Crippen LogP contribution in [0, 0.1) is 5.39 Å². The summed E-state index contributed by atoms with van der Waals surface area (Å²) in [6, 6.07) is 8.78. The molecule has 6 heteroatoms. The van der Waals surface area contributed by atoms with Crippen LogP contribution >= 0.6 is 0 Å². The fourth-order valence-electron chi connectivity index (χ4n) is 1.79. The molecular formula is C15H17N4O2+. The zero-order chi connectivity index (χ0) is 15.2. The molecule has 1 aromatic carbocycles. The summed E-state index contributed by atoms with van der Waals surface area (Å²) in [5.74, 6) is 1.79. The van der Waals surface area contributed by atoms with Crippen molar-refractivity contribution in [3.63, 3.8) is 0 Å². The third-order valence-corrected chi connectivity index (χ3v) is 2.70. The Kier molecular flexibility index (Phi) is 4.57. The normalized spacial score (nSPS) is 10.0. The van der Waals surface area contributed by atoms with Gasteiger partial charge in [-0.15, -0.1) is 0 Å². The number of nitrogens with zero attached hydrogens (tertiary/aromatic N) is 3. The first kappa shape index (κ1) is 14.6. The largest absolute Gasteiger partial charge is 0.497 e. The number of nitrogens with one attached hydrogen (secondary N) is 1. The number of methoxy groups -OCH3 is 1. The van der Waals surface area contributed by atoms with Crippen molar-refractivity contribution < 1.29 is 9.47 Å². The Morgan fingerprint density at radius 3 is 2.76 bits per heavy atom. The maximum absolute atomic E-state index is 9.00. The van der Waals surface area contributed by atoms with Crippen LogP contribution in [0.25, 0.3) is 4.98 Å². The van der Waals surface area contributed by atoms with E-state index in [-0.39, 0.29) is 6.10 Å². The maximum Gasteiger partial charge on any atom is 0.427 e. The minimum atomic E-state index is 0.0321. The number of anilines is 2. The van der Waals surface area contributed by atoms with Gasteiger partial charge in [0.15, 0.2) is 4.98 Å². The van der Waals surface area contributed by atoms with Gasteiger partial charge in [-0.2, -0.15) is 0 Å². The van der Waals surface area contributed by atoms with E-state index >= 15 is 0 Å². The molecule has 1 heterocycles. The van der Waals surface area contributed by atoms with E-state index in [4.69, 9.17) is 14.9 Å². The Labute approximate surface area is 123 Å². The van der Waals surface area contributed by atoms with Crippen LogP contribution in [0.3, 0.4) is 0 Å². The molecule has 1 aromatic heterocycles. The number of ether oxygens (including phenoxy) is 2. The van der Waals surface area contributed by atoms with Gasteiger partial charge in [0.1, 0.15) is 11.5 Å². The summed E-state index contributed by atoms with van der Waals surface area (Å²) in [7, 11) is 1.59. The standard InChI is InChI=1S/C15H17N4O2/c1-10(2)21-14-7-6-11(20-3)9-13(14)18-15-12(19-16)5-4-8-17-15/h4-10H,1-3H3,(H,17,18)/q+1. The molecule has 0 atom stereocenters. The summed E-state index contributed by atoms with van der Waals surface area (Å²) in [5, 5.41) is 12.1. The summed E-state index contributed by atoms with van der Waals surface area (Å²) in [5.41, 5.74) is 1.03. The number of aromatic nitrogens is 1. The monoisotopic (exact) mass is 285 g/mol. The van der Waals surface area contributed by atoms with E-state index in [1.807, 2.05) is 26.0 Å². The molecule has 0 aliphatic rings. The second-order valence-electron chi connectivity index (χ2n) is 4.62. The third-order valence-electron chi connectivity index (χ3n) is 2.70. The SMILES string of the molecule is COc1ccc(OC(C)C)c(Nc2ncccc2[N+]#N)c1. The fraction of sp³-hybridized carbons (Fsp3) is 0.267. The van der Waals surface area contributed by atoms with Gasteiger partial charge >= 0.3 is 5.69 Å². The highest BCUT2D eigenvalue weighted by Gasteiger charge is 2.17. The fourth-order valence-corrected chi connectivity index (χ4v) is 1.79. The quantitative estimate of drug-likeness (QED) is 0.837. The van der Waals surface area contributed by atoms with Crippen LogP contribution in [-0.4, -0.2) is 18.2 Å². The first-order valence-corrected chi connectivity index (χ1v) is 6.56. The molecule has 108 valence electrons. The molecule has 0 amide bonds. The number of diazo groups is 1. The third kappa shape index (κ3) is 3.60. The Morgan fingerprint density at radius 1 is 1.29 bits per heavy atom. The van der Waals surface area contributed by atoms with E-state index in [0.29, 0.717) is 28.7 Å². The molecule has 21 heavy (non-hydrogen) atoms. The number of hydrogen-bond acceptors (Lipinski definition) is 5. The molecule has 0 radical (unpaired) electrons. The van der Waals surface area contributed by atoms with Gasteiger partial charge in [0, 0.05) is 18.3 Å². The molecule has 0 aliphatic carbocycles. The Bertz CT molecular complexity index is 665. The average molecular weight is 285 g/mol. The van der Waals surface area contributed by atoms with Gasteiger partial charge in [-0.3, -0.25) is 0 Å². The Balaban J connectivity index is 2.39. The number of benzene rings is 1. The Hall–Kier alpha value is -2.81. The number of hydrogen-bond donors (Lipinski definition) is 1. The molecule has 0 spiro atoms. The average Bonchev–Trinajstić information content (AvgIpc) is 2.49. The predicted molar refractivity (Wildman–Crippen MR) is 81.0 cm³/mol. The van der Waals surface area contributed by atoms with E-state index in [1.165, 1.54) is 0 Å². The smallest absolute Gasteiger partial charge is 0.427 e. The van der Waals surface area contributed by atoms with Crippen molar-refractivity contribution in [2.24, 2.45) is 0 Å². The van der Waals surface area contributed by atoms with Crippen molar-refractivity contribution in [2.75, 3.05) is 12.4 Å². The molecule has 2 aromatic rings. The minimum absolute atomic E-state index is 0.0321. The lowest BCUT2D eigenvalue weighted by atomic mass is 10.2. The molecular weight excluding hydrogens is 268 g/mol. The molecule has 0 unspecified atom stereocenters. The topological polar surface area (TPSA) is 71.5 Å². The lowest BCUT2D eigenvalue weighted by Gasteiger charge is -2.15. The van der Waals surface area contributed by atoms with Crippen molar-refractivity contribution in [3.05, 3.63) is 41.5 Å². The molecule has 0 fully saturated rings.